The minimum absolute atomic E-state index is 0.00567. The van der Waals surface area contributed by atoms with E-state index in [4.69, 9.17) is 14.2 Å². The number of ether oxygens (including phenoxy) is 3. The number of Topliss-reactive ketones (excluding diaryl/α,β-unsaturated/α-hetero) is 1. The third kappa shape index (κ3) is 3.85. The molecule has 0 atom stereocenters. The molecule has 0 amide bonds. The standard InChI is InChI=1S/C21H22O4/c1-3-4-11-24-20-13-15(9-10-19(20)23-2)12-16-14-25-18-8-6-5-7-17(18)21(16)22/h5-10,12-13H,3-4,11,14H2,1-2H3/b16-12+. The summed E-state index contributed by atoms with van der Waals surface area (Å²) in [5.74, 6) is 2.03. The van der Waals surface area contributed by atoms with E-state index in [1.807, 2.05) is 42.5 Å². The van der Waals surface area contributed by atoms with Crippen LogP contribution in [0.25, 0.3) is 6.08 Å². The van der Waals surface area contributed by atoms with Gasteiger partial charge in [-0.25, -0.2) is 0 Å². The van der Waals surface area contributed by atoms with Gasteiger partial charge in [-0.1, -0.05) is 31.5 Å². The summed E-state index contributed by atoms with van der Waals surface area (Å²) in [6.45, 7) is 3.03. The summed E-state index contributed by atoms with van der Waals surface area (Å²) < 4.78 is 16.9. The number of ketones is 1. The second-order valence-corrected chi connectivity index (χ2v) is 5.90. The molecule has 0 N–H and O–H groups in total. The van der Waals surface area contributed by atoms with Crippen molar-refractivity contribution in [3.05, 3.63) is 59.2 Å². The Labute approximate surface area is 148 Å². The van der Waals surface area contributed by atoms with Crippen molar-refractivity contribution >= 4 is 11.9 Å². The van der Waals surface area contributed by atoms with E-state index in [1.165, 1.54) is 0 Å². The van der Waals surface area contributed by atoms with Gasteiger partial charge in [-0.3, -0.25) is 4.79 Å². The molecule has 25 heavy (non-hydrogen) atoms. The van der Waals surface area contributed by atoms with Gasteiger partial charge in [0.2, 0.25) is 0 Å². The third-order valence-electron chi connectivity index (χ3n) is 4.09. The molecule has 0 saturated carbocycles. The Kier molecular flexibility index (Phi) is 5.39. The summed E-state index contributed by atoms with van der Waals surface area (Å²) in [4.78, 5) is 12.6. The Morgan fingerprint density at radius 3 is 2.80 bits per heavy atom. The fourth-order valence-electron chi connectivity index (χ4n) is 2.70. The first kappa shape index (κ1) is 17.1. The summed E-state index contributed by atoms with van der Waals surface area (Å²) in [5.41, 5.74) is 2.12. The lowest BCUT2D eigenvalue weighted by Crippen LogP contribution is -2.18. The quantitative estimate of drug-likeness (QED) is 0.573. The molecule has 2 aromatic rings. The second-order valence-electron chi connectivity index (χ2n) is 5.90. The molecule has 0 saturated heterocycles. The zero-order valence-corrected chi connectivity index (χ0v) is 14.6. The first-order chi connectivity index (χ1) is 12.2. The molecule has 3 rings (SSSR count). The van der Waals surface area contributed by atoms with E-state index in [9.17, 15) is 4.79 Å². The van der Waals surface area contributed by atoms with E-state index in [0.717, 1.165) is 18.4 Å². The molecule has 0 spiro atoms. The summed E-state index contributed by atoms with van der Waals surface area (Å²) in [6.07, 6.45) is 3.90. The molecule has 4 heteroatoms. The molecule has 130 valence electrons. The lowest BCUT2D eigenvalue weighted by molar-refractivity contribution is 0.100. The molecule has 4 nitrogen and oxygen atoms in total. The molecule has 0 unspecified atom stereocenters. The van der Waals surface area contributed by atoms with Gasteiger partial charge in [0, 0.05) is 5.57 Å². The Morgan fingerprint density at radius 2 is 2.00 bits per heavy atom. The molecular formula is C21H22O4. The molecule has 0 aliphatic carbocycles. The molecule has 1 aliphatic heterocycles. The maximum absolute atomic E-state index is 12.6. The van der Waals surface area contributed by atoms with E-state index < -0.39 is 0 Å². The molecule has 0 fully saturated rings. The van der Waals surface area contributed by atoms with Crippen molar-refractivity contribution in [3.63, 3.8) is 0 Å². The van der Waals surface area contributed by atoms with Crippen molar-refractivity contribution in [3.8, 4) is 17.2 Å². The van der Waals surface area contributed by atoms with Gasteiger partial charge < -0.3 is 14.2 Å². The number of carbonyl (C=O) groups is 1. The van der Waals surface area contributed by atoms with Gasteiger partial charge in [-0.05, 0) is 42.3 Å². The van der Waals surface area contributed by atoms with Crippen LogP contribution in [0.3, 0.4) is 0 Å². The van der Waals surface area contributed by atoms with Gasteiger partial charge in [-0.15, -0.1) is 0 Å². The van der Waals surface area contributed by atoms with Crippen LogP contribution in [0.5, 0.6) is 17.2 Å². The highest BCUT2D eigenvalue weighted by atomic mass is 16.5. The highest BCUT2D eigenvalue weighted by Crippen LogP contribution is 2.31. The predicted molar refractivity (Wildman–Crippen MR) is 97.6 cm³/mol. The van der Waals surface area contributed by atoms with Crippen molar-refractivity contribution in [2.24, 2.45) is 0 Å². The zero-order chi connectivity index (χ0) is 17.6. The van der Waals surface area contributed by atoms with Gasteiger partial charge in [0.1, 0.15) is 12.4 Å². The average Bonchev–Trinajstić information content (AvgIpc) is 2.65. The molecular weight excluding hydrogens is 316 g/mol. The lowest BCUT2D eigenvalue weighted by Gasteiger charge is -2.18. The van der Waals surface area contributed by atoms with E-state index in [-0.39, 0.29) is 12.4 Å². The Bertz CT molecular complexity index is 792. The zero-order valence-electron chi connectivity index (χ0n) is 14.6. The predicted octanol–water partition coefficient (Wildman–Crippen LogP) is 4.53. The molecule has 1 heterocycles. The van der Waals surface area contributed by atoms with Crippen LogP contribution in [-0.2, 0) is 0 Å². The number of hydrogen-bond donors (Lipinski definition) is 0. The van der Waals surface area contributed by atoms with Crippen LogP contribution in [-0.4, -0.2) is 26.1 Å². The van der Waals surface area contributed by atoms with Crippen LogP contribution in [0, 0.1) is 0 Å². The summed E-state index contributed by atoms with van der Waals surface area (Å²) in [6, 6.07) is 13.0. The smallest absolute Gasteiger partial charge is 0.196 e. The molecule has 1 aliphatic rings. The number of carbonyl (C=O) groups excluding carboxylic acids is 1. The number of hydrogen-bond acceptors (Lipinski definition) is 4. The minimum atomic E-state index is 0.00567. The van der Waals surface area contributed by atoms with E-state index in [0.29, 0.717) is 35.0 Å². The number of unbranched alkanes of at least 4 members (excludes halogenated alkanes) is 1. The minimum Gasteiger partial charge on any atom is -0.493 e. The van der Waals surface area contributed by atoms with E-state index in [1.54, 1.807) is 13.2 Å². The fraction of sp³-hybridized carbons (Fsp3) is 0.286. The third-order valence-corrected chi connectivity index (χ3v) is 4.09. The van der Waals surface area contributed by atoms with Crippen LogP contribution >= 0.6 is 0 Å². The van der Waals surface area contributed by atoms with E-state index in [2.05, 4.69) is 6.92 Å². The van der Waals surface area contributed by atoms with Crippen LogP contribution in [0.1, 0.15) is 35.7 Å². The topological polar surface area (TPSA) is 44.8 Å². The highest BCUT2D eigenvalue weighted by Gasteiger charge is 2.22. The maximum Gasteiger partial charge on any atom is 0.196 e. The monoisotopic (exact) mass is 338 g/mol. The number of fused-ring (bicyclic) bond motifs is 1. The van der Waals surface area contributed by atoms with Gasteiger partial charge >= 0.3 is 0 Å². The summed E-state index contributed by atoms with van der Waals surface area (Å²) in [5, 5.41) is 0. The average molecular weight is 338 g/mol. The van der Waals surface area contributed by atoms with Gasteiger partial charge in [0.25, 0.3) is 0 Å². The van der Waals surface area contributed by atoms with Crippen LogP contribution in [0.4, 0.5) is 0 Å². The lowest BCUT2D eigenvalue weighted by atomic mass is 9.98. The van der Waals surface area contributed by atoms with Crippen molar-refractivity contribution in [2.45, 2.75) is 19.8 Å². The van der Waals surface area contributed by atoms with Crippen LogP contribution < -0.4 is 14.2 Å². The van der Waals surface area contributed by atoms with Crippen LogP contribution in [0.2, 0.25) is 0 Å². The fourth-order valence-corrected chi connectivity index (χ4v) is 2.70. The number of benzene rings is 2. The number of methoxy groups -OCH3 is 1. The van der Waals surface area contributed by atoms with Crippen LogP contribution in [0.15, 0.2) is 48.0 Å². The largest absolute Gasteiger partial charge is 0.493 e. The Balaban J connectivity index is 1.86. The normalized spacial score (nSPS) is 14.8. The van der Waals surface area contributed by atoms with Crippen molar-refractivity contribution in [1.82, 2.24) is 0 Å². The SMILES string of the molecule is CCCCOc1cc(/C=C2\COc3ccccc3C2=O)ccc1OC. The van der Waals surface area contributed by atoms with Crippen molar-refractivity contribution in [2.75, 3.05) is 20.3 Å². The summed E-state index contributed by atoms with van der Waals surface area (Å²) >= 11 is 0. The van der Waals surface area contributed by atoms with E-state index >= 15 is 0 Å². The Hall–Kier alpha value is -2.75. The molecule has 0 bridgehead atoms. The van der Waals surface area contributed by atoms with Crippen molar-refractivity contribution in [1.29, 1.82) is 0 Å². The first-order valence-electron chi connectivity index (χ1n) is 8.51. The molecule has 0 aromatic heterocycles. The second kappa shape index (κ2) is 7.88. The molecule has 2 aromatic carbocycles. The summed E-state index contributed by atoms with van der Waals surface area (Å²) in [7, 11) is 1.62. The highest BCUT2D eigenvalue weighted by molar-refractivity contribution is 6.14. The van der Waals surface area contributed by atoms with Gasteiger partial charge in [0.15, 0.2) is 17.3 Å². The van der Waals surface area contributed by atoms with Gasteiger partial charge in [0.05, 0.1) is 19.3 Å². The molecule has 0 radical (unpaired) electrons. The van der Waals surface area contributed by atoms with Crippen molar-refractivity contribution < 1.29 is 19.0 Å². The number of rotatable bonds is 6. The Morgan fingerprint density at radius 1 is 1.16 bits per heavy atom. The number of para-hydroxylation sites is 1. The first-order valence-corrected chi connectivity index (χ1v) is 8.51. The van der Waals surface area contributed by atoms with Gasteiger partial charge in [-0.2, -0.15) is 0 Å². The maximum atomic E-state index is 12.6.